The van der Waals surface area contributed by atoms with E-state index in [1.54, 1.807) is 42.5 Å². The molecule has 0 heterocycles. The lowest BCUT2D eigenvalue weighted by atomic mass is 10.1. The molecule has 0 spiro atoms. The van der Waals surface area contributed by atoms with Crippen LogP contribution in [0.15, 0.2) is 78.9 Å². The second kappa shape index (κ2) is 19.2. The Bertz CT molecular complexity index is 1780. The van der Waals surface area contributed by atoms with Gasteiger partial charge in [-0.3, -0.25) is 14.4 Å². The maximum atomic E-state index is 12.3. The van der Waals surface area contributed by atoms with Crippen LogP contribution >= 0.6 is 0 Å². The molecule has 1 amide bonds. The molecule has 4 aromatic carbocycles. The molecule has 11 nitrogen and oxygen atoms in total. The van der Waals surface area contributed by atoms with Crippen LogP contribution in [-0.4, -0.2) is 64.6 Å². The number of benzene rings is 4. The Kier molecular flexibility index (Phi) is 14.8. The molecular formula is C39H43NO10. The van der Waals surface area contributed by atoms with Crippen LogP contribution in [-0.2, 0) is 20.9 Å². The summed E-state index contributed by atoms with van der Waals surface area (Å²) in [5.74, 6) is 1.02. The minimum Gasteiger partial charge on any atom is -0.497 e. The van der Waals surface area contributed by atoms with Crippen LogP contribution in [0.25, 0.3) is 0 Å². The van der Waals surface area contributed by atoms with Gasteiger partial charge in [0.1, 0.15) is 17.2 Å². The van der Waals surface area contributed by atoms with Gasteiger partial charge in [-0.05, 0) is 92.9 Å². The number of ether oxygens (including phenoxy) is 6. The molecule has 0 atom stereocenters. The van der Waals surface area contributed by atoms with Crippen molar-refractivity contribution >= 4 is 23.4 Å². The third-order valence-electron chi connectivity index (χ3n) is 7.45. The van der Waals surface area contributed by atoms with Crippen molar-refractivity contribution < 1.29 is 47.6 Å². The Labute approximate surface area is 292 Å². The second-order valence-corrected chi connectivity index (χ2v) is 11.2. The van der Waals surface area contributed by atoms with E-state index in [2.05, 4.69) is 5.32 Å². The molecule has 0 bridgehead atoms. The summed E-state index contributed by atoms with van der Waals surface area (Å²) in [5, 5.41) is 2.80. The number of esters is 1. The number of carbonyl (C=O) groups is 4. The van der Waals surface area contributed by atoms with Crippen LogP contribution in [0.1, 0.15) is 49.9 Å². The van der Waals surface area contributed by atoms with Crippen LogP contribution < -0.4 is 29.0 Å². The SMILES string of the molecule is COc1cc(C(C)=O)ccc1OCC(=O)NCc1ccc(C)cc1.COc1ccc(OC)c(C(=O)COC(=O)COc2ccc(C)c(C)c2)c1. The number of ketones is 2. The fraction of sp³-hybridized carbons (Fsp3) is 0.282. The number of rotatable bonds is 15. The van der Waals surface area contributed by atoms with Crippen LogP contribution in [0.3, 0.4) is 0 Å². The lowest BCUT2D eigenvalue weighted by molar-refractivity contribution is -0.144. The minimum absolute atomic E-state index is 0.0595. The van der Waals surface area contributed by atoms with Crippen molar-refractivity contribution in [2.24, 2.45) is 0 Å². The topological polar surface area (TPSA) is 136 Å². The summed E-state index contributed by atoms with van der Waals surface area (Å²) in [6, 6.07) is 23.2. The van der Waals surface area contributed by atoms with E-state index in [0.29, 0.717) is 40.9 Å². The molecule has 4 aromatic rings. The van der Waals surface area contributed by atoms with Crippen molar-refractivity contribution in [2.45, 2.75) is 34.2 Å². The van der Waals surface area contributed by atoms with Crippen molar-refractivity contribution in [3.8, 4) is 28.7 Å². The molecule has 0 saturated heterocycles. The highest BCUT2D eigenvalue weighted by Crippen LogP contribution is 2.28. The highest BCUT2D eigenvalue weighted by molar-refractivity contribution is 6.00. The Morgan fingerprint density at radius 3 is 1.94 bits per heavy atom. The molecule has 0 aromatic heterocycles. The average molecular weight is 686 g/mol. The predicted molar refractivity (Wildman–Crippen MR) is 188 cm³/mol. The number of Topliss-reactive ketones (excluding diaryl/α,β-unsaturated/α-hetero) is 2. The minimum atomic E-state index is -0.626. The molecule has 264 valence electrons. The van der Waals surface area contributed by atoms with Crippen molar-refractivity contribution in [1.82, 2.24) is 5.32 Å². The third kappa shape index (κ3) is 12.0. The first-order valence-electron chi connectivity index (χ1n) is 15.7. The maximum absolute atomic E-state index is 12.3. The van der Waals surface area contributed by atoms with Gasteiger partial charge < -0.3 is 33.7 Å². The van der Waals surface area contributed by atoms with E-state index in [0.717, 1.165) is 16.7 Å². The first kappa shape index (κ1) is 38.6. The third-order valence-corrected chi connectivity index (χ3v) is 7.45. The van der Waals surface area contributed by atoms with E-state index in [9.17, 15) is 19.2 Å². The van der Waals surface area contributed by atoms with Gasteiger partial charge in [0.05, 0.1) is 26.9 Å². The summed E-state index contributed by atoms with van der Waals surface area (Å²) < 4.78 is 31.3. The lowest BCUT2D eigenvalue weighted by Crippen LogP contribution is -2.28. The zero-order valence-corrected chi connectivity index (χ0v) is 29.4. The molecule has 50 heavy (non-hydrogen) atoms. The fourth-order valence-corrected chi connectivity index (χ4v) is 4.35. The largest absolute Gasteiger partial charge is 0.497 e. The highest BCUT2D eigenvalue weighted by atomic mass is 16.6. The number of methoxy groups -OCH3 is 3. The lowest BCUT2D eigenvalue weighted by Gasteiger charge is -2.12. The van der Waals surface area contributed by atoms with Gasteiger partial charge in [0.15, 0.2) is 37.1 Å². The highest BCUT2D eigenvalue weighted by Gasteiger charge is 2.16. The zero-order chi connectivity index (χ0) is 36.6. The molecule has 0 aliphatic carbocycles. The molecule has 11 heteroatoms. The summed E-state index contributed by atoms with van der Waals surface area (Å²) in [7, 11) is 4.45. The molecule has 0 aliphatic heterocycles. The van der Waals surface area contributed by atoms with Crippen LogP contribution in [0.2, 0.25) is 0 Å². The van der Waals surface area contributed by atoms with Gasteiger partial charge in [-0.1, -0.05) is 35.9 Å². The van der Waals surface area contributed by atoms with Crippen LogP contribution in [0.5, 0.6) is 28.7 Å². The van der Waals surface area contributed by atoms with Crippen molar-refractivity contribution in [3.05, 3.63) is 112 Å². The molecular weight excluding hydrogens is 642 g/mol. The van der Waals surface area contributed by atoms with Gasteiger partial charge in [-0.2, -0.15) is 0 Å². The molecule has 0 fully saturated rings. The number of carbonyl (C=O) groups excluding carboxylic acids is 4. The van der Waals surface area contributed by atoms with E-state index >= 15 is 0 Å². The van der Waals surface area contributed by atoms with Gasteiger partial charge in [-0.25, -0.2) is 4.79 Å². The molecule has 0 unspecified atom stereocenters. The summed E-state index contributed by atoms with van der Waals surface area (Å²) in [5.41, 5.74) is 5.22. The van der Waals surface area contributed by atoms with Crippen LogP contribution in [0.4, 0.5) is 0 Å². The number of nitrogens with one attached hydrogen (secondary N) is 1. The number of amides is 1. The van der Waals surface area contributed by atoms with Gasteiger partial charge in [0.2, 0.25) is 5.78 Å². The normalized spacial score (nSPS) is 10.1. The Morgan fingerprint density at radius 1 is 0.620 bits per heavy atom. The summed E-state index contributed by atoms with van der Waals surface area (Å²) in [4.78, 5) is 47.4. The molecule has 4 rings (SSSR count). The Hall–Kier alpha value is -5.84. The molecule has 1 N–H and O–H groups in total. The Balaban J connectivity index is 0.000000271. The average Bonchev–Trinajstić information content (AvgIpc) is 3.12. The van der Waals surface area contributed by atoms with E-state index in [-0.39, 0.29) is 36.3 Å². The summed E-state index contributed by atoms with van der Waals surface area (Å²) in [6.07, 6.45) is 0. The van der Waals surface area contributed by atoms with Gasteiger partial charge >= 0.3 is 5.97 Å². The van der Waals surface area contributed by atoms with Crippen molar-refractivity contribution in [1.29, 1.82) is 0 Å². The molecule has 0 radical (unpaired) electrons. The van der Waals surface area contributed by atoms with E-state index in [1.165, 1.54) is 33.8 Å². The van der Waals surface area contributed by atoms with Crippen LogP contribution in [0, 0.1) is 20.8 Å². The zero-order valence-electron chi connectivity index (χ0n) is 29.4. The quantitative estimate of drug-likeness (QED) is 0.117. The van der Waals surface area contributed by atoms with Gasteiger partial charge in [0, 0.05) is 12.1 Å². The molecule has 0 saturated carbocycles. The van der Waals surface area contributed by atoms with E-state index in [1.807, 2.05) is 57.2 Å². The first-order chi connectivity index (χ1) is 23.9. The van der Waals surface area contributed by atoms with E-state index in [4.69, 9.17) is 28.4 Å². The van der Waals surface area contributed by atoms with Gasteiger partial charge in [0.25, 0.3) is 5.91 Å². The van der Waals surface area contributed by atoms with Crippen molar-refractivity contribution in [2.75, 3.05) is 41.2 Å². The maximum Gasteiger partial charge on any atom is 0.344 e. The first-order valence-corrected chi connectivity index (χ1v) is 15.7. The molecule has 0 aliphatic rings. The van der Waals surface area contributed by atoms with Crippen molar-refractivity contribution in [3.63, 3.8) is 0 Å². The predicted octanol–water partition coefficient (Wildman–Crippen LogP) is 6.03. The standard InChI is InChI=1S/C20H22O6.C19H21NO4/c1-13-5-6-16(9-14(13)2)25-12-20(22)26-11-18(21)17-10-15(23-3)7-8-19(17)24-4;1-13-4-6-15(7-5-13)11-20-19(22)12-24-17-9-8-16(14(2)21)10-18(17)23-3/h5-10H,11-12H2,1-4H3;4-10H,11-12H2,1-3H3,(H,20,22). The smallest absolute Gasteiger partial charge is 0.344 e. The number of aryl methyl sites for hydroxylation is 3. The number of hydrogen-bond acceptors (Lipinski definition) is 10. The van der Waals surface area contributed by atoms with Gasteiger partial charge in [-0.15, -0.1) is 0 Å². The number of hydrogen-bond donors (Lipinski definition) is 1. The Morgan fingerprint density at radius 2 is 1.30 bits per heavy atom. The van der Waals surface area contributed by atoms with E-state index < -0.39 is 12.6 Å². The monoisotopic (exact) mass is 685 g/mol. The second-order valence-electron chi connectivity index (χ2n) is 11.2. The fourth-order valence-electron chi connectivity index (χ4n) is 4.35. The summed E-state index contributed by atoms with van der Waals surface area (Å²) >= 11 is 0. The summed E-state index contributed by atoms with van der Waals surface area (Å²) in [6.45, 7) is 7.09.